The molecule has 0 fully saturated rings. The number of hydrogen-bond acceptors (Lipinski definition) is 5. The van der Waals surface area contributed by atoms with Crippen LogP contribution in [0.2, 0.25) is 0 Å². The Morgan fingerprint density at radius 3 is 2.78 bits per heavy atom. The van der Waals surface area contributed by atoms with E-state index in [-0.39, 0.29) is 5.91 Å². The molecule has 5 nitrogen and oxygen atoms in total. The highest BCUT2D eigenvalue weighted by molar-refractivity contribution is 7.98. The van der Waals surface area contributed by atoms with Crippen molar-refractivity contribution in [2.75, 3.05) is 0 Å². The Labute approximate surface area is 109 Å². The third-order valence-electron chi connectivity index (χ3n) is 2.21. The van der Waals surface area contributed by atoms with E-state index < -0.39 is 0 Å². The number of hydrazine groups is 1. The maximum Gasteiger partial charge on any atom is 0.283 e. The van der Waals surface area contributed by atoms with Gasteiger partial charge in [-0.2, -0.15) is 0 Å². The quantitative estimate of drug-likeness (QED) is 0.375. The third-order valence-corrected chi connectivity index (χ3v) is 3.25. The zero-order valence-corrected chi connectivity index (χ0v) is 10.4. The number of nitrogens with two attached hydrogens (primary N) is 1. The Bertz CT molecular complexity index is 533. The maximum absolute atomic E-state index is 11.3. The molecule has 0 aromatic carbocycles. The molecule has 0 aliphatic rings. The van der Waals surface area contributed by atoms with Crippen LogP contribution in [0.1, 0.15) is 16.2 Å². The van der Waals surface area contributed by atoms with Crippen molar-refractivity contribution >= 4 is 17.7 Å². The third kappa shape index (κ3) is 3.28. The largest absolute Gasteiger partial charge is 0.289 e. The fourth-order valence-electron chi connectivity index (χ4n) is 1.35. The SMILES string of the molecule is NNC(=O)c1cccc(CSc2ccncc2)n1. The minimum atomic E-state index is -0.384. The Balaban J connectivity index is 2.04. The number of pyridine rings is 2. The van der Waals surface area contributed by atoms with Gasteiger partial charge in [-0.3, -0.25) is 15.2 Å². The molecule has 0 spiro atoms. The predicted molar refractivity (Wildman–Crippen MR) is 69.7 cm³/mol. The first-order valence-electron chi connectivity index (χ1n) is 5.29. The second kappa shape index (κ2) is 6.13. The first-order valence-corrected chi connectivity index (χ1v) is 6.28. The maximum atomic E-state index is 11.3. The minimum absolute atomic E-state index is 0.324. The van der Waals surface area contributed by atoms with E-state index in [0.29, 0.717) is 11.4 Å². The van der Waals surface area contributed by atoms with Gasteiger partial charge in [0.2, 0.25) is 0 Å². The highest BCUT2D eigenvalue weighted by Gasteiger charge is 2.05. The van der Waals surface area contributed by atoms with Crippen LogP contribution in [-0.2, 0) is 5.75 Å². The molecule has 0 radical (unpaired) electrons. The van der Waals surface area contributed by atoms with Crippen LogP contribution in [0.25, 0.3) is 0 Å². The van der Waals surface area contributed by atoms with Gasteiger partial charge >= 0.3 is 0 Å². The molecule has 0 bridgehead atoms. The normalized spacial score (nSPS) is 10.1. The molecule has 2 aromatic rings. The first kappa shape index (κ1) is 12.5. The van der Waals surface area contributed by atoms with Crippen molar-refractivity contribution in [3.63, 3.8) is 0 Å². The lowest BCUT2D eigenvalue weighted by molar-refractivity contribution is 0.0948. The molecule has 0 saturated heterocycles. The van der Waals surface area contributed by atoms with Gasteiger partial charge in [0.05, 0.1) is 5.69 Å². The van der Waals surface area contributed by atoms with Gasteiger partial charge in [0.25, 0.3) is 5.91 Å². The summed E-state index contributed by atoms with van der Waals surface area (Å²) in [5.74, 6) is 5.37. The van der Waals surface area contributed by atoms with E-state index in [4.69, 9.17) is 5.84 Å². The lowest BCUT2D eigenvalue weighted by Crippen LogP contribution is -2.30. The summed E-state index contributed by atoms with van der Waals surface area (Å²) in [6.07, 6.45) is 3.49. The van der Waals surface area contributed by atoms with Gasteiger partial charge in [-0.15, -0.1) is 11.8 Å². The molecule has 18 heavy (non-hydrogen) atoms. The van der Waals surface area contributed by atoms with Crippen LogP contribution < -0.4 is 11.3 Å². The molecule has 0 saturated carbocycles. The van der Waals surface area contributed by atoms with Crippen LogP contribution >= 0.6 is 11.8 Å². The number of nitrogen functional groups attached to an aromatic ring is 1. The monoisotopic (exact) mass is 260 g/mol. The van der Waals surface area contributed by atoms with Crippen LogP contribution in [0, 0.1) is 0 Å². The number of hydrogen-bond donors (Lipinski definition) is 2. The molecule has 92 valence electrons. The molecule has 0 unspecified atom stereocenters. The lowest BCUT2D eigenvalue weighted by Gasteiger charge is -2.03. The average molecular weight is 260 g/mol. The predicted octanol–water partition coefficient (Wildman–Crippen LogP) is 1.37. The summed E-state index contributed by atoms with van der Waals surface area (Å²) < 4.78 is 0. The number of thioether (sulfide) groups is 1. The van der Waals surface area contributed by atoms with Gasteiger partial charge in [0.1, 0.15) is 5.69 Å². The number of nitrogens with zero attached hydrogens (tertiary/aromatic N) is 2. The summed E-state index contributed by atoms with van der Waals surface area (Å²) >= 11 is 1.64. The average Bonchev–Trinajstić information content (AvgIpc) is 2.45. The molecule has 3 N–H and O–H groups in total. The van der Waals surface area contributed by atoms with Crippen LogP contribution in [0.5, 0.6) is 0 Å². The van der Waals surface area contributed by atoms with Crippen molar-refractivity contribution < 1.29 is 4.79 Å². The van der Waals surface area contributed by atoms with Crippen molar-refractivity contribution in [1.82, 2.24) is 15.4 Å². The Morgan fingerprint density at radius 1 is 1.28 bits per heavy atom. The standard InChI is InChI=1S/C12H12N4OS/c13-16-12(17)11-3-1-2-9(15-11)8-18-10-4-6-14-7-5-10/h1-7H,8,13H2,(H,16,17). The Kier molecular flexibility index (Phi) is 4.27. The Hall–Kier alpha value is -1.92. The van der Waals surface area contributed by atoms with Crippen molar-refractivity contribution in [2.45, 2.75) is 10.6 Å². The van der Waals surface area contributed by atoms with E-state index in [1.165, 1.54) is 0 Å². The lowest BCUT2D eigenvalue weighted by atomic mass is 10.3. The molecular formula is C12H12N4OS. The summed E-state index contributed by atoms with van der Waals surface area (Å²) in [7, 11) is 0. The zero-order valence-electron chi connectivity index (χ0n) is 9.54. The summed E-state index contributed by atoms with van der Waals surface area (Å²) in [5, 5.41) is 0. The van der Waals surface area contributed by atoms with Crippen molar-refractivity contribution in [3.8, 4) is 0 Å². The highest BCUT2D eigenvalue weighted by Crippen LogP contribution is 2.20. The highest BCUT2D eigenvalue weighted by atomic mass is 32.2. The molecule has 2 rings (SSSR count). The van der Waals surface area contributed by atoms with E-state index in [1.54, 1.807) is 36.3 Å². The molecule has 1 amide bonds. The van der Waals surface area contributed by atoms with Gasteiger partial charge in [-0.25, -0.2) is 10.8 Å². The summed E-state index contributed by atoms with van der Waals surface area (Å²) in [6.45, 7) is 0. The van der Waals surface area contributed by atoms with E-state index in [0.717, 1.165) is 10.6 Å². The van der Waals surface area contributed by atoms with E-state index in [2.05, 4.69) is 15.4 Å². The molecule has 0 aliphatic heterocycles. The molecule has 0 aliphatic carbocycles. The summed E-state index contributed by atoms with van der Waals surface area (Å²) in [6, 6.07) is 9.16. The summed E-state index contributed by atoms with van der Waals surface area (Å²) in [4.78, 5) is 20.6. The fraction of sp³-hybridized carbons (Fsp3) is 0.0833. The first-order chi connectivity index (χ1) is 8.79. The minimum Gasteiger partial charge on any atom is -0.289 e. The van der Waals surface area contributed by atoms with Crippen molar-refractivity contribution in [2.24, 2.45) is 5.84 Å². The molecule has 2 heterocycles. The second-order valence-corrected chi connectivity index (χ2v) is 4.51. The zero-order chi connectivity index (χ0) is 12.8. The molecule has 2 aromatic heterocycles. The van der Waals surface area contributed by atoms with E-state index in [1.807, 2.05) is 18.2 Å². The number of nitrogens with one attached hydrogen (secondary N) is 1. The molecular weight excluding hydrogens is 248 g/mol. The van der Waals surface area contributed by atoms with E-state index >= 15 is 0 Å². The van der Waals surface area contributed by atoms with Gasteiger partial charge in [-0.1, -0.05) is 6.07 Å². The van der Waals surface area contributed by atoms with E-state index in [9.17, 15) is 4.79 Å². The number of rotatable bonds is 4. The number of carbonyl (C=O) groups is 1. The van der Waals surface area contributed by atoms with Crippen molar-refractivity contribution in [1.29, 1.82) is 0 Å². The van der Waals surface area contributed by atoms with Crippen LogP contribution in [0.3, 0.4) is 0 Å². The second-order valence-electron chi connectivity index (χ2n) is 3.46. The number of carbonyl (C=O) groups excluding carboxylic acids is 1. The van der Waals surface area contributed by atoms with Crippen molar-refractivity contribution in [3.05, 3.63) is 54.1 Å². The van der Waals surface area contributed by atoms with Gasteiger partial charge in [0, 0.05) is 23.0 Å². The topological polar surface area (TPSA) is 80.9 Å². The van der Waals surface area contributed by atoms with Gasteiger partial charge in [-0.05, 0) is 24.3 Å². The van der Waals surface area contributed by atoms with Gasteiger partial charge < -0.3 is 0 Å². The number of amides is 1. The summed E-state index contributed by atoms with van der Waals surface area (Å²) in [5.41, 5.74) is 3.22. The number of aromatic nitrogens is 2. The van der Waals surface area contributed by atoms with Crippen LogP contribution in [0.4, 0.5) is 0 Å². The molecule has 0 atom stereocenters. The van der Waals surface area contributed by atoms with Crippen LogP contribution in [0.15, 0.2) is 47.6 Å². The molecule has 6 heteroatoms. The van der Waals surface area contributed by atoms with Gasteiger partial charge in [0.15, 0.2) is 0 Å². The fourth-order valence-corrected chi connectivity index (χ4v) is 2.14. The smallest absolute Gasteiger partial charge is 0.283 e. The van der Waals surface area contributed by atoms with Crippen LogP contribution in [-0.4, -0.2) is 15.9 Å². The Morgan fingerprint density at radius 2 is 2.06 bits per heavy atom.